The molecule has 0 aromatic heterocycles. The summed E-state index contributed by atoms with van der Waals surface area (Å²) in [5.74, 6) is 0.322. The number of hydrogen-bond acceptors (Lipinski definition) is 4. The highest BCUT2D eigenvalue weighted by Gasteiger charge is 2.29. The third kappa shape index (κ3) is 3.67. The van der Waals surface area contributed by atoms with Gasteiger partial charge in [0, 0.05) is 58.3 Å². The van der Waals surface area contributed by atoms with Crippen molar-refractivity contribution >= 4 is 5.91 Å². The Balaban J connectivity index is 1.58. The molecule has 0 radical (unpaired) electrons. The number of likely N-dealkylation sites (N-methyl/N-ethyl adjacent to an activating group) is 2. The zero-order chi connectivity index (χ0) is 13.0. The smallest absolute Gasteiger partial charge is 0.223 e. The molecule has 1 amide bonds. The Kier molecular flexibility index (Phi) is 4.97. The molecule has 0 aromatic carbocycles. The molecule has 0 saturated carbocycles. The van der Waals surface area contributed by atoms with Crippen molar-refractivity contribution in [1.82, 2.24) is 20.0 Å². The molecule has 0 spiro atoms. The van der Waals surface area contributed by atoms with Crippen LogP contribution in [0.4, 0.5) is 0 Å². The van der Waals surface area contributed by atoms with Gasteiger partial charge in [0.05, 0.1) is 0 Å². The third-order valence-electron chi connectivity index (χ3n) is 3.96. The minimum Gasteiger partial charge on any atom is -0.339 e. The standard InChI is InChI=1S/C13H26N4O/c1-3-14-12-10-17(11-12)13(18)4-5-16-8-6-15(2)7-9-16/h12,14H,3-11H2,1-2H3. The number of amides is 1. The average Bonchev–Trinajstić information content (AvgIpc) is 2.32. The summed E-state index contributed by atoms with van der Waals surface area (Å²) in [6.45, 7) is 10.3. The summed E-state index contributed by atoms with van der Waals surface area (Å²) in [6, 6.07) is 0.530. The maximum absolute atomic E-state index is 11.9. The minimum absolute atomic E-state index is 0.322. The average molecular weight is 254 g/mol. The molecule has 0 unspecified atom stereocenters. The van der Waals surface area contributed by atoms with Crippen LogP contribution in [0.1, 0.15) is 13.3 Å². The molecule has 0 atom stereocenters. The van der Waals surface area contributed by atoms with E-state index in [0.717, 1.165) is 52.4 Å². The van der Waals surface area contributed by atoms with Gasteiger partial charge >= 0.3 is 0 Å². The second kappa shape index (κ2) is 6.50. The Labute approximate surface area is 110 Å². The monoisotopic (exact) mass is 254 g/mol. The number of rotatable bonds is 5. The number of carbonyl (C=O) groups is 1. The predicted octanol–water partition coefficient (Wildman–Crippen LogP) is -0.556. The topological polar surface area (TPSA) is 38.8 Å². The van der Waals surface area contributed by atoms with Crippen LogP contribution in [0.2, 0.25) is 0 Å². The van der Waals surface area contributed by atoms with E-state index in [1.807, 2.05) is 4.90 Å². The van der Waals surface area contributed by atoms with Gasteiger partial charge in [0.2, 0.25) is 5.91 Å². The lowest BCUT2D eigenvalue weighted by atomic mass is 10.1. The first-order valence-electron chi connectivity index (χ1n) is 7.11. The van der Waals surface area contributed by atoms with E-state index in [1.165, 1.54) is 0 Å². The van der Waals surface area contributed by atoms with Gasteiger partial charge < -0.3 is 20.0 Å². The highest BCUT2D eigenvalue weighted by molar-refractivity contribution is 5.77. The molecule has 0 aliphatic carbocycles. The molecule has 104 valence electrons. The molecular weight excluding hydrogens is 228 g/mol. The highest BCUT2D eigenvalue weighted by Crippen LogP contribution is 2.10. The van der Waals surface area contributed by atoms with Crippen molar-refractivity contribution in [2.24, 2.45) is 0 Å². The predicted molar refractivity (Wildman–Crippen MR) is 72.6 cm³/mol. The molecular formula is C13H26N4O. The van der Waals surface area contributed by atoms with Gasteiger partial charge in [-0.2, -0.15) is 0 Å². The van der Waals surface area contributed by atoms with Gasteiger partial charge in [-0.05, 0) is 13.6 Å². The Hall–Kier alpha value is -0.650. The van der Waals surface area contributed by atoms with Gasteiger partial charge in [-0.3, -0.25) is 4.79 Å². The van der Waals surface area contributed by atoms with Crippen LogP contribution in [0.3, 0.4) is 0 Å². The van der Waals surface area contributed by atoms with Gasteiger partial charge in [-0.1, -0.05) is 6.92 Å². The molecule has 2 saturated heterocycles. The van der Waals surface area contributed by atoms with Crippen LogP contribution in [-0.4, -0.2) is 86.1 Å². The molecule has 5 nitrogen and oxygen atoms in total. The second-order valence-electron chi connectivity index (χ2n) is 5.45. The number of nitrogens with zero attached hydrogens (tertiary/aromatic N) is 3. The molecule has 0 bridgehead atoms. The molecule has 18 heavy (non-hydrogen) atoms. The lowest BCUT2D eigenvalue weighted by Gasteiger charge is -2.40. The van der Waals surface area contributed by atoms with Crippen molar-refractivity contribution in [3.8, 4) is 0 Å². The van der Waals surface area contributed by atoms with Crippen molar-refractivity contribution in [2.45, 2.75) is 19.4 Å². The largest absolute Gasteiger partial charge is 0.339 e. The van der Waals surface area contributed by atoms with E-state index in [9.17, 15) is 4.79 Å². The van der Waals surface area contributed by atoms with Crippen molar-refractivity contribution in [1.29, 1.82) is 0 Å². The van der Waals surface area contributed by atoms with Crippen molar-refractivity contribution < 1.29 is 4.79 Å². The maximum Gasteiger partial charge on any atom is 0.223 e. The SMILES string of the molecule is CCNC1CN(C(=O)CCN2CCN(C)CC2)C1. The van der Waals surface area contributed by atoms with Crippen LogP contribution >= 0.6 is 0 Å². The minimum atomic E-state index is 0.322. The molecule has 5 heteroatoms. The van der Waals surface area contributed by atoms with Crippen molar-refractivity contribution in [3.63, 3.8) is 0 Å². The Bertz CT molecular complexity index is 270. The lowest BCUT2D eigenvalue weighted by Crippen LogP contribution is -2.60. The van der Waals surface area contributed by atoms with E-state index in [4.69, 9.17) is 0 Å². The number of piperazine rings is 1. The summed E-state index contributed by atoms with van der Waals surface area (Å²) in [4.78, 5) is 18.7. The number of carbonyl (C=O) groups excluding carboxylic acids is 1. The van der Waals surface area contributed by atoms with Gasteiger partial charge in [-0.25, -0.2) is 0 Å². The fourth-order valence-electron chi connectivity index (χ4n) is 2.58. The van der Waals surface area contributed by atoms with Gasteiger partial charge in [0.1, 0.15) is 0 Å². The molecule has 2 fully saturated rings. The molecule has 2 aliphatic rings. The van der Waals surface area contributed by atoms with E-state index in [2.05, 4.69) is 29.1 Å². The van der Waals surface area contributed by atoms with Gasteiger partial charge in [0.25, 0.3) is 0 Å². The molecule has 2 heterocycles. The second-order valence-corrected chi connectivity index (χ2v) is 5.45. The quantitative estimate of drug-likeness (QED) is 0.714. The van der Waals surface area contributed by atoms with Crippen LogP contribution in [0.25, 0.3) is 0 Å². The van der Waals surface area contributed by atoms with E-state index in [-0.39, 0.29) is 0 Å². The van der Waals surface area contributed by atoms with Gasteiger partial charge in [0.15, 0.2) is 0 Å². The summed E-state index contributed by atoms with van der Waals surface area (Å²) in [6.07, 6.45) is 0.683. The summed E-state index contributed by atoms with van der Waals surface area (Å²) < 4.78 is 0. The number of likely N-dealkylation sites (tertiary alicyclic amines) is 1. The fraction of sp³-hybridized carbons (Fsp3) is 0.923. The fourth-order valence-corrected chi connectivity index (χ4v) is 2.58. The van der Waals surface area contributed by atoms with Crippen LogP contribution in [0, 0.1) is 0 Å². The number of nitrogens with one attached hydrogen (secondary N) is 1. The molecule has 0 aromatic rings. The first kappa shape index (κ1) is 13.8. The lowest BCUT2D eigenvalue weighted by molar-refractivity contribution is -0.136. The molecule has 2 rings (SSSR count). The molecule has 2 aliphatic heterocycles. The van der Waals surface area contributed by atoms with Crippen molar-refractivity contribution in [2.75, 3.05) is 59.4 Å². The van der Waals surface area contributed by atoms with Crippen LogP contribution < -0.4 is 5.32 Å². The summed E-state index contributed by atoms with van der Waals surface area (Å²) in [5, 5.41) is 3.37. The first-order valence-corrected chi connectivity index (χ1v) is 7.11. The maximum atomic E-state index is 11.9. The summed E-state index contributed by atoms with van der Waals surface area (Å²) >= 11 is 0. The Morgan fingerprint density at radius 3 is 2.50 bits per heavy atom. The Morgan fingerprint density at radius 2 is 1.89 bits per heavy atom. The summed E-state index contributed by atoms with van der Waals surface area (Å²) in [5.41, 5.74) is 0. The number of hydrogen-bond donors (Lipinski definition) is 1. The van der Waals surface area contributed by atoms with Crippen molar-refractivity contribution in [3.05, 3.63) is 0 Å². The third-order valence-corrected chi connectivity index (χ3v) is 3.96. The zero-order valence-electron chi connectivity index (χ0n) is 11.7. The van der Waals surface area contributed by atoms with E-state index in [0.29, 0.717) is 18.4 Å². The van der Waals surface area contributed by atoms with Gasteiger partial charge in [-0.15, -0.1) is 0 Å². The van der Waals surface area contributed by atoms with E-state index >= 15 is 0 Å². The first-order chi connectivity index (χ1) is 8.69. The van der Waals surface area contributed by atoms with Crippen LogP contribution in [0.5, 0.6) is 0 Å². The normalized spacial score (nSPS) is 23.1. The summed E-state index contributed by atoms with van der Waals surface area (Å²) in [7, 11) is 2.16. The van der Waals surface area contributed by atoms with E-state index < -0.39 is 0 Å². The van der Waals surface area contributed by atoms with Crippen LogP contribution in [0.15, 0.2) is 0 Å². The zero-order valence-corrected chi connectivity index (χ0v) is 11.7. The van der Waals surface area contributed by atoms with Crippen LogP contribution in [-0.2, 0) is 4.79 Å². The Morgan fingerprint density at radius 1 is 1.22 bits per heavy atom. The highest BCUT2D eigenvalue weighted by atomic mass is 16.2. The molecule has 1 N–H and O–H groups in total. The van der Waals surface area contributed by atoms with E-state index in [1.54, 1.807) is 0 Å².